The maximum Gasteiger partial charge on any atom is 0.248 e. The van der Waals surface area contributed by atoms with Gasteiger partial charge in [0.15, 0.2) is 5.82 Å². The van der Waals surface area contributed by atoms with Crippen molar-refractivity contribution >= 4 is 5.91 Å². The molecular weight excluding hydrogens is 285 g/mol. The first-order valence-electron chi connectivity index (χ1n) is 7.24. The van der Waals surface area contributed by atoms with E-state index < -0.39 is 0 Å². The smallest absolute Gasteiger partial charge is 0.248 e. The lowest BCUT2D eigenvalue weighted by atomic mass is 10.1. The molecular formula is C16H20FN3O2. The molecule has 0 aliphatic rings. The molecule has 1 heterocycles. The molecule has 0 aliphatic heterocycles. The van der Waals surface area contributed by atoms with Crippen LogP contribution in [-0.2, 0) is 11.2 Å². The number of hydrogen-bond donors (Lipinski definition) is 1. The average molecular weight is 305 g/mol. The van der Waals surface area contributed by atoms with Crippen LogP contribution >= 0.6 is 0 Å². The lowest BCUT2D eigenvalue weighted by Crippen LogP contribution is -2.28. The molecule has 0 spiro atoms. The number of nitrogens with one attached hydrogen (secondary N) is 1. The summed E-state index contributed by atoms with van der Waals surface area (Å²) < 4.78 is 18.4. The summed E-state index contributed by atoms with van der Waals surface area (Å²) >= 11 is 0. The summed E-state index contributed by atoms with van der Waals surface area (Å²) in [5.74, 6) is 0.575. The number of carbonyl (C=O) groups is 1. The van der Waals surface area contributed by atoms with E-state index in [2.05, 4.69) is 15.5 Å². The van der Waals surface area contributed by atoms with E-state index in [1.165, 1.54) is 12.1 Å². The second-order valence-corrected chi connectivity index (χ2v) is 5.68. The van der Waals surface area contributed by atoms with Gasteiger partial charge >= 0.3 is 0 Å². The molecule has 0 aliphatic carbocycles. The van der Waals surface area contributed by atoms with E-state index in [1.54, 1.807) is 13.0 Å². The number of rotatable bonds is 5. The molecule has 1 aromatic carbocycles. The van der Waals surface area contributed by atoms with E-state index in [-0.39, 0.29) is 30.1 Å². The van der Waals surface area contributed by atoms with Crippen molar-refractivity contribution in [2.45, 2.75) is 46.1 Å². The minimum Gasteiger partial charge on any atom is -0.344 e. The monoisotopic (exact) mass is 305 g/mol. The second kappa shape index (κ2) is 6.68. The predicted molar refractivity (Wildman–Crippen MR) is 79.8 cm³/mol. The number of aryl methyl sites for hydroxylation is 1. The third kappa shape index (κ3) is 3.90. The highest BCUT2D eigenvalue weighted by Crippen LogP contribution is 2.16. The molecule has 1 N–H and O–H groups in total. The van der Waals surface area contributed by atoms with Gasteiger partial charge in [-0.05, 0) is 37.1 Å². The first-order valence-corrected chi connectivity index (χ1v) is 7.24. The van der Waals surface area contributed by atoms with Crippen LogP contribution in [0.1, 0.15) is 55.6 Å². The van der Waals surface area contributed by atoms with Crippen LogP contribution in [0, 0.1) is 12.7 Å². The molecule has 0 radical (unpaired) electrons. The molecule has 0 bridgehead atoms. The van der Waals surface area contributed by atoms with Crippen LogP contribution in [0.4, 0.5) is 4.39 Å². The van der Waals surface area contributed by atoms with Crippen molar-refractivity contribution in [3.05, 3.63) is 46.9 Å². The summed E-state index contributed by atoms with van der Waals surface area (Å²) in [6.45, 7) is 7.54. The molecule has 1 atom stereocenters. The number of nitrogens with zero attached hydrogens (tertiary/aromatic N) is 2. The van der Waals surface area contributed by atoms with Crippen molar-refractivity contribution in [2.75, 3.05) is 0 Å². The predicted octanol–water partition coefficient (Wildman–Crippen LogP) is 3.06. The van der Waals surface area contributed by atoms with E-state index in [0.29, 0.717) is 17.3 Å². The van der Waals surface area contributed by atoms with Crippen molar-refractivity contribution in [3.8, 4) is 0 Å². The molecule has 0 saturated heterocycles. The van der Waals surface area contributed by atoms with Gasteiger partial charge in [-0.25, -0.2) is 4.39 Å². The van der Waals surface area contributed by atoms with Gasteiger partial charge in [0.2, 0.25) is 11.8 Å². The van der Waals surface area contributed by atoms with Crippen LogP contribution in [0.25, 0.3) is 0 Å². The van der Waals surface area contributed by atoms with Crippen molar-refractivity contribution < 1.29 is 13.7 Å². The van der Waals surface area contributed by atoms with E-state index in [4.69, 9.17) is 4.52 Å². The van der Waals surface area contributed by atoms with Gasteiger partial charge in [-0.3, -0.25) is 4.79 Å². The summed E-state index contributed by atoms with van der Waals surface area (Å²) in [6, 6.07) is 4.03. The SMILES string of the molecule is Cc1ccc(F)cc1CC(=O)N[C@@H](C)c1nc(C(C)C)no1. The molecule has 2 aromatic rings. The van der Waals surface area contributed by atoms with Gasteiger partial charge in [-0.2, -0.15) is 4.98 Å². The van der Waals surface area contributed by atoms with E-state index >= 15 is 0 Å². The van der Waals surface area contributed by atoms with Gasteiger partial charge in [0.25, 0.3) is 0 Å². The number of halogens is 1. The van der Waals surface area contributed by atoms with E-state index in [0.717, 1.165) is 5.56 Å². The first-order chi connectivity index (χ1) is 10.4. The molecule has 0 saturated carbocycles. The Morgan fingerprint density at radius 3 is 2.73 bits per heavy atom. The number of carbonyl (C=O) groups excluding carboxylic acids is 1. The average Bonchev–Trinajstić information content (AvgIpc) is 2.93. The lowest BCUT2D eigenvalue weighted by molar-refractivity contribution is -0.121. The highest BCUT2D eigenvalue weighted by atomic mass is 19.1. The van der Waals surface area contributed by atoms with Gasteiger partial charge in [0.05, 0.1) is 6.42 Å². The van der Waals surface area contributed by atoms with Crippen LogP contribution in [0.2, 0.25) is 0 Å². The van der Waals surface area contributed by atoms with Crippen LogP contribution in [0.15, 0.2) is 22.7 Å². The molecule has 1 aromatic heterocycles. The summed E-state index contributed by atoms with van der Waals surface area (Å²) in [4.78, 5) is 16.3. The quantitative estimate of drug-likeness (QED) is 0.922. The zero-order chi connectivity index (χ0) is 16.3. The maximum absolute atomic E-state index is 13.2. The van der Waals surface area contributed by atoms with Crippen LogP contribution in [0.3, 0.4) is 0 Å². The summed E-state index contributed by atoms with van der Waals surface area (Å²) in [7, 11) is 0. The highest BCUT2D eigenvalue weighted by Gasteiger charge is 2.18. The molecule has 1 amide bonds. The molecule has 0 fully saturated rings. The Morgan fingerprint density at radius 1 is 1.36 bits per heavy atom. The molecule has 5 nitrogen and oxygen atoms in total. The Labute approximate surface area is 128 Å². The van der Waals surface area contributed by atoms with Crippen LogP contribution in [0.5, 0.6) is 0 Å². The third-order valence-electron chi connectivity index (χ3n) is 3.38. The fourth-order valence-corrected chi connectivity index (χ4v) is 2.02. The lowest BCUT2D eigenvalue weighted by Gasteiger charge is -2.11. The molecule has 22 heavy (non-hydrogen) atoms. The Morgan fingerprint density at radius 2 is 2.09 bits per heavy atom. The topological polar surface area (TPSA) is 68.0 Å². The largest absolute Gasteiger partial charge is 0.344 e. The fraction of sp³-hybridized carbons (Fsp3) is 0.438. The van der Waals surface area contributed by atoms with Gasteiger partial charge in [0.1, 0.15) is 11.9 Å². The van der Waals surface area contributed by atoms with Gasteiger partial charge < -0.3 is 9.84 Å². The zero-order valence-electron chi connectivity index (χ0n) is 13.2. The normalized spacial score (nSPS) is 12.5. The molecule has 118 valence electrons. The Balaban J connectivity index is 2.00. The minimum absolute atomic E-state index is 0.110. The minimum atomic E-state index is -0.388. The Bertz CT molecular complexity index is 667. The highest BCUT2D eigenvalue weighted by molar-refractivity contribution is 5.79. The first kappa shape index (κ1) is 16.1. The van der Waals surface area contributed by atoms with Crippen LogP contribution < -0.4 is 5.32 Å². The molecule has 6 heteroatoms. The Hall–Kier alpha value is -2.24. The van der Waals surface area contributed by atoms with Crippen molar-refractivity contribution in [2.24, 2.45) is 0 Å². The number of amides is 1. The van der Waals surface area contributed by atoms with E-state index in [1.807, 2.05) is 20.8 Å². The van der Waals surface area contributed by atoms with Gasteiger partial charge in [0, 0.05) is 5.92 Å². The maximum atomic E-state index is 13.2. The fourth-order valence-electron chi connectivity index (χ4n) is 2.02. The summed E-state index contributed by atoms with van der Waals surface area (Å²) in [5.41, 5.74) is 1.54. The van der Waals surface area contributed by atoms with Gasteiger partial charge in [-0.1, -0.05) is 25.1 Å². The number of hydrogen-bond acceptors (Lipinski definition) is 4. The second-order valence-electron chi connectivity index (χ2n) is 5.68. The summed E-state index contributed by atoms with van der Waals surface area (Å²) in [5, 5.41) is 6.65. The Kier molecular flexibility index (Phi) is 4.90. The zero-order valence-corrected chi connectivity index (χ0v) is 13.2. The standard InChI is InChI=1S/C16H20FN3O2/c1-9(2)15-19-16(22-20-15)11(4)18-14(21)8-12-7-13(17)6-5-10(12)3/h5-7,9,11H,8H2,1-4H3,(H,18,21)/t11-/m0/s1. The van der Waals surface area contributed by atoms with Crippen LogP contribution in [-0.4, -0.2) is 16.0 Å². The van der Waals surface area contributed by atoms with Crippen molar-refractivity contribution in [1.82, 2.24) is 15.5 Å². The number of aromatic nitrogens is 2. The molecule has 2 rings (SSSR count). The van der Waals surface area contributed by atoms with Crippen molar-refractivity contribution in [1.29, 1.82) is 0 Å². The molecule has 0 unspecified atom stereocenters. The summed E-state index contributed by atoms with van der Waals surface area (Å²) in [6.07, 6.45) is 0.110. The van der Waals surface area contributed by atoms with Crippen molar-refractivity contribution in [3.63, 3.8) is 0 Å². The van der Waals surface area contributed by atoms with E-state index in [9.17, 15) is 9.18 Å². The van der Waals surface area contributed by atoms with Gasteiger partial charge in [-0.15, -0.1) is 0 Å². The number of benzene rings is 1. The third-order valence-corrected chi connectivity index (χ3v) is 3.38.